The van der Waals surface area contributed by atoms with Gasteiger partial charge in [-0.15, -0.1) is 0 Å². The zero-order chi connectivity index (χ0) is 6.69. The van der Waals surface area contributed by atoms with E-state index >= 15 is 0 Å². The smallest absolute Gasteiger partial charge is 0.0959 e. The van der Waals surface area contributed by atoms with Gasteiger partial charge in [0.25, 0.3) is 0 Å². The van der Waals surface area contributed by atoms with Crippen LogP contribution in [0.5, 0.6) is 0 Å². The van der Waals surface area contributed by atoms with Crippen LogP contribution in [-0.2, 0) is 4.74 Å². The first-order valence-corrected chi connectivity index (χ1v) is 3.02. The molecule has 0 unspecified atom stereocenters. The van der Waals surface area contributed by atoms with Crippen molar-refractivity contribution < 1.29 is 4.74 Å². The fourth-order valence-corrected chi connectivity index (χ4v) is 0.804. The molecule has 0 aromatic carbocycles. The van der Waals surface area contributed by atoms with Gasteiger partial charge in [0.05, 0.1) is 12.9 Å². The normalized spacial score (nSPS) is 18.3. The first-order chi connectivity index (χ1) is 4.33. The highest BCUT2D eigenvalue weighted by atomic mass is 16.5. The van der Waals surface area contributed by atoms with Gasteiger partial charge in [0.2, 0.25) is 0 Å². The Morgan fingerprint density at radius 1 is 1.44 bits per heavy atom. The maximum absolute atomic E-state index is 5.51. The Labute approximate surface area is 55.0 Å². The number of hydrogen-bond acceptors (Lipinski definition) is 2. The summed E-state index contributed by atoms with van der Waals surface area (Å²) in [6.45, 7) is 0. The summed E-state index contributed by atoms with van der Waals surface area (Å²) < 4.78 is 5.00. The molecule has 0 atom stereocenters. The molecule has 1 aliphatic rings. The SMILES string of the molecule is COC1=CC=C(N)CC1. The van der Waals surface area contributed by atoms with Crippen molar-refractivity contribution in [2.75, 3.05) is 7.11 Å². The van der Waals surface area contributed by atoms with Crippen LogP contribution in [0.4, 0.5) is 0 Å². The highest BCUT2D eigenvalue weighted by Gasteiger charge is 2.01. The van der Waals surface area contributed by atoms with Gasteiger partial charge in [-0.25, -0.2) is 0 Å². The maximum Gasteiger partial charge on any atom is 0.0959 e. The minimum atomic E-state index is 0.930. The molecule has 0 spiro atoms. The molecule has 0 fully saturated rings. The second-order valence-corrected chi connectivity index (χ2v) is 2.08. The summed E-state index contributed by atoms with van der Waals surface area (Å²) in [5, 5.41) is 0. The minimum absolute atomic E-state index is 0.930. The van der Waals surface area contributed by atoms with Crippen molar-refractivity contribution >= 4 is 0 Å². The Morgan fingerprint density at radius 2 is 2.22 bits per heavy atom. The van der Waals surface area contributed by atoms with Crippen molar-refractivity contribution in [1.82, 2.24) is 0 Å². The lowest BCUT2D eigenvalue weighted by Crippen LogP contribution is -2.02. The summed E-state index contributed by atoms with van der Waals surface area (Å²) in [4.78, 5) is 0. The Morgan fingerprint density at radius 3 is 2.67 bits per heavy atom. The van der Waals surface area contributed by atoms with Crippen LogP contribution >= 0.6 is 0 Å². The largest absolute Gasteiger partial charge is 0.501 e. The van der Waals surface area contributed by atoms with Gasteiger partial charge < -0.3 is 10.5 Å². The van der Waals surface area contributed by atoms with Crippen LogP contribution in [0, 0.1) is 0 Å². The van der Waals surface area contributed by atoms with Gasteiger partial charge in [-0.05, 0) is 18.6 Å². The highest BCUT2D eigenvalue weighted by molar-refractivity contribution is 5.18. The van der Waals surface area contributed by atoms with Gasteiger partial charge in [-0.3, -0.25) is 0 Å². The van der Waals surface area contributed by atoms with E-state index in [9.17, 15) is 0 Å². The summed E-state index contributed by atoms with van der Waals surface area (Å²) in [5.41, 5.74) is 6.45. The monoisotopic (exact) mass is 125 g/mol. The minimum Gasteiger partial charge on any atom is -0.501 e. The lowest BCUT2D eigenvalue weighted by molar-refractivity contribution is 0.275. The first kappa shape index (κ1) is 6.20. The second kappa shape index (κ2) is 2.58. The Hall–Kier alpha value is -0.920. The van der Waals surface area contributed by atoms with Gasteiger partial charge in [0.1, 0.15) is 0 Å². The third-order valence-electron chi connectivity index (χ3n) is 1.41. The molecular formula is C7H11NO. The molecule has 0 aromatic rings. The fraction of sp³-hybridized carbons (Fsp3) is 0.429. The number of allylic oxidation sites excluding steroid dienone is 4. The van der Waals surface area contributed by atoms with Crippen LogP contribution in [0.15, 0.2) is 23.6 Å². The Kier molecular flexibility index (Phi) is 1.78. The molecule has 1 aliphatic carbocycles. The third-order valence-corrected chi connectivity index (χ3v) is 1.41. The van der Waals surface area contributed by atoms with E-state index in [0.29, 0.717) is 0 Å². The number of methoxy groups -OCH3 is 1. The van der Waals surface area contributed by atoms with E-state index in [2.05, 4.69) is 0 Å². The van der Waals surface area contributed by atoms with Crippen LogP contribution < -0.4 is 5.73 Å². The number of rotatable bonds is 1. The molecular weight excluding hydrogens is 114 g/mol. The molecule has 9 heavy (non-hydrogen) atoms. The van der Waals surface area contributed by atoms with Crippen molar-refractivity contribution in [2.45, 2.75) is 12.8 Å². The van der Waals surface area contributed by atoms with E-state index in [1.165, 1.54) is 0 Å². The van der Waals surface area contributed by atoms with Crippen molar-refractivity contribution in [3.05, 3.63) is 23.6 Å². The number of ether oxygens (including phenoxy) is 1. The van der Waals surface area contributed by atoms with Crippen LogP contribution in [-0.4, -0.2) is 7.11 Å². The maximum atomic E-state index is 5.51. The van der Waals surface area contributed by atoms with Gasteiger partial charge in [-0.1, -0.05) is 0 Å². The van der Waals surface area contributed by atoms with Crippen LogP contribution in [0.1, 0.15) is 12.8 Å². The predicted octanol–water partition coefficient (Wildman–Crippen LogP) is 1.15. The first-order valence-electron chi connectivity index (χ1n) is 3.02. The molecule has 0 radical (unpaired) electrons. The Balaban J connectivity index is 2.59. The predicted molar refractivity (Wildman–Crippen MR) is 36.6 cm³/mol. The highest BCUT2D eigenvalue weighted by Crippen LogP contribution is 2.14. The summed E-state index contributed by atoms with van der Waals surface area (Å²) >= 11 is 0. The van der Waals surface area contributed by atoms with E-state index in [1.807, 2.05) is 12.2 Å². The molecule has 0 heterocycles. The molecule has 2 N–H and O–H groups in total. The summed E-state index contributed by atoms with van der Waals surface area (Å²) in [7, 11) is 1.68. The van der Waals surface area contributed by atoms with Crippen molar-refractivity contribution in [2.24, 2.45) is 5.73 Å². The molecule has 50 valence electrons. The zero-order valence-corrected chi connectivity index (χ0v) is 5.55. The van der Waals surface area contributed by atoms with Crippen molar-refractivity contribution in [1.29, 1.82) is 0 Å². The van der Waals surface area contributed by atoms with Gasteiger partial charge in [0.15, 0.2) is 0 Å². The van der Waals surface area contributed by atoms with Crippen molar-refractivity contribution in [3.63, 3.8) is 0 Å². The lowest BCUT2D eigenvalue weighted by atomic mass is 10.1. The molecule has 1 rings (SSSR count). The number of nitrogens with two attached hydrogens (primary N) is 1. The molecule has 0 bridgehead atoms. The second-order valence-electron chi connectivity index (χ2n) is 2.08. The summed E-state index contributed by atoms with van der Waals surface area (Å²) in [6, 6.07) is 0. The molecule has 0 amide bonds. The quantitative estimate of drug-likeness (QED) is 0.570. The molecule has 2 nitrogen and oxygen atoms in total. The van der Waals surface area contributed by atoms with Crippen LogP contribution in [0.25, 0.3) is 0 Å². The molecule has 0 saturated carbocycles. The van der Waals surface area contributed by atoms with Gasteiger partial charge in [0, 0.05) is 12.1 Å². The molecule has 0 saturated heterocycles. The molecule has 2 heteroatoms. The average Bonchev–Trinajstić information content (AvgIpc) is 1.90. The standard InChI is InChI=1S/C7H11NO/c1-9-7-4-2-6(8)3-5-7/h2,4H,3,5,8H2,1H3. The van der Waals surface area contributed by atoms with E-state index in [0.717, 1.165) is 24.3 Å². The third kappa shape index (κ3) is 1.49. The summed E-state index contributed by atoms with van der Waals surface area (Å²) in [5.74, 6) is 1.02. The van der Waals surface area contributed by atoms with Crippen molar-refractivity contribution in [3.8, 4) is 0 Å². The van der Waals surface area contributed by atoms with Gasteiger partial charge in [-0.2, -0.15) is 0 Å². The fourth-order valence-electron chi connectivity index (χ4n) is 0.804. The Bertz CT molecular complexity index is 158. The molecule has 0 aliphatic heterocycles. The average molecular weight is 125 g/mol. The van der Waals surface area contributed by atoms with E-state index < -0.39 is 0 Å². The number of hydrogen-bond donors (Lipinski definition) is 1. The van der Waals surface area contributed by atoms with E-state index in [1.54, 1.807) is 7.11 Å². The van der Waals surface area contributed by atoms with E-state index in [-0.39, 0.29) is 0 Å². The topological polar surface area (TPSA) is 35.2 Å². The lowest BCUT2D eigenvalue weighted by Gasteiger charge is -2.09. The molecule has 0 aromatic heterocycles. The zero-order valence-electron chi connectivity index (χ0n) is 5.55. The van der Waals surface area contributed by atoms with Crippen LogP contribution in [0.3, 0.4) is 0 Å². The summed E-state index contributed by atoms with van der Waals surface area (Å²) in [6.07, 6.45) is 5.68. The van der Waals surface area contributed by atoms with Gasteiger partial charge >= 0.3 is 0 Å². The van der Waals surface area contributed by atoms with E-state index in [4.69, 9.17) is 10.5 Å². The van der Waals surface area contributed by atoms with Crippen LogP contribution in [0.2, 0.25) is 0 Å².